The molecule has 0 aromatic carbocycles. The number of rotatable bonds is 8. The van der Waals surface area contributed by atoms with Crippen LogP contribution in [0.15, 0.2) is 10.2 Å². The molecule has 0 N–H and O–H groups in total. The van der Waals surface area contributed by atoms with Gasteiger partial charge in [0.2, 0.25) is 10.5 Å². The molecule has 0 radical (unpaired) electrons. The minimum atomic E-state index is -0.868. The highest BCUT2D eigenvalue weighted by Gasteiger charge is 2.22. The van der Waals surface area contributed by atoms with E-state index in [0.29, 0.717) is 0 Å². The molecule has 4 unspecified atom stereocenters. The van der Waals surface area contributed by atoms with Crippen LogP contribution in [0, 0.1) is 34.5 Å². The third-order valence-electron chi connectivity index (χ3n) is 2.62. The Morgan fingerprint density at radius 2 is 1.25 bits per heavy atom. The zero-order valence-corrected chi connectivity index (χ0v) is 12.6. The molecular weight excluding hydrogens is 303 g/mol. The molecule has 0 rings (SSSR count). The second kappa shape index (κ2) is 9.41. The molecule has 8 heteroatoms. The van der Waals surface area contributed by atoms with Crippen LogP contribution in [-0.2, 0) is 9.59 Å². The molecule has 0 aliphatic carbocycles. The van der Waals surface area contributed by atoms with Crippen molar-refractivity contribution in [2.24, 2.45) is 22.1 Å². The van der Waals surface area contributed by atoms with E-state index in [1.807, 2.05) is 12.1 Å². The molecule has 0 aromatic heterocycles. The lowest BCUT2D eigenvalue weighted by molar-refractivity contribution is -0.113. The monoisotopic (exact) mass is 316 g/mol. The van der Waals surface area contributed by atoms with Crippen molar-refractivity contribution in [3.05, 3.63) is 0 Å². The lowest BCUT2D eigenvalue weighted by Gasteiger charge is -2.13. The van der Waals surface area contributed by atoms with Crippen LogP contribution < -0.4 is 0 Å². The first kappa shape index (κ1) is 18.5. The van der Waals surface area contributed by atoms with Crippen molar-refractivity contribution >= 4 is 33.7 Å². The smallest absolute Gasteiger partial charge is 0.222 e. The van der Waals surface area contributed by atoms with E-state index in [4.69, 9.17) is 33.7 Å². The molecule has 20 heavy (non-hydrogen) atoms. The molecule has 0 saturated carbocycles. The Bertz CT molecular complexity index is 425. The Morgan fingerprint density at radius 3 is 1.45 bits per heavy atom. The highest BCUT2D eigenvalue weighted by atomic mass is 35.5. The lowest BCUT2D eigenvalue weighted by Crippen LogP contribution is -2.19. The second-order valence-corrected chi connectivity index (χ2v) is 5.29. The molecule has 0 aliphatic heterocycles. The van der Waals surface area contributed by atoms with Crippen molar-refractivity contribution in [1.29, 1.82) is 10.5 Å². The van der Waals surface area contributed by atoms with E-state index in [9.17, 15) is 9.59 Å². The molecule has 108 valence electrons. The fourth-order valence-electron chi connectivity index (χ4n) is 1.41. The Labute approximate surface area is 127 Å². The molecular formula is C12H14Cl2N4O2. The standard InChI is InChI=1S/C12H14Cl2N4O2/c1-7(3-11(13)19)9(5-15)17-18-10(6-16)8(2)4-12(14)20/h7-10H,3-4H2,1-2H3. The summed E-state index contributed by atoms with van der Waals surface area (Å²) >= 11 is 10.5. The highest BCUT2D eigenvalue weighted by Crippen LogP contribution is 2.17. The molecule has 0 saturated heterocycles. The highest BCUT2D eigenvalue weighted by molar-refractivity contribution is 6.63. The topological polar surface area (TPSA) is 106 Å². The van der Waals surface area contributed by atoms with E-state index in [1.54, 1.807) is 13.8 Å². The fourth-order valence-corrected chi connectivity index (χ4v) is 1.89. The SMILES string of the molecule is CC(CC(=O)Cl)C(C#N)N=NC(C#N)C(C)CC(=O)Cl. The first-order valence-electron chi connectivity index (χ1n) is 5.87. The van der Waals surface area contributed by atoms with Crippen LogP contribution in [0.3, 0.4) is 0 Å². The Balaban J connectivity index is 4.77. The summed E-state index contributed by atoms with van der Waals surface area (Å²) in [5.74, 6) is -0.809. The summed E-state index contributed by atoms with van der Waals surface area (Å²) in [6.45, 7) is 3.28. The predicted molar refractivity (Wildman–Crippen MR) is 72.9 cm³/mol. The van der Waals surface area contributed by atoms with E-state index >= 15 is 0 Å². The van der Waals surface area contributed by atoms with Crippen LogP contribution in [0.4, 0.5) is 0 Å². The van der Waals surface area contributed by atoms with Crippen molar-refractivity contribution in [2.75, 3.05) is 0 Å². The summed E-state index contributed by atoms with van der Waals surface area (Å²) < 4.78 is 0. The molecule has 0 fully saturated rings. The van der Waals surface area contributed by atoms with Gasteiger partial charge >= 0.3 is 0 Å². The minimum absolute atomic E-state index is 0.00819. The predicted octanol–water partition coefficient (Wildman–Crippen LogP) is 2.81. The van der Waals surface area contributed by atoms with Gasteiger partial charge < -0.3 is 0 Å². The van der Waals surface area contributed by atoms with Crippen LogP contribution in [0.25, 0.3) is 0 Å². The van der Waals surface area contributed by atoms with Gasteiger partial charge in [-0.05, 0) is 23.2 Å². The summed E-state index contributed by atoms with van der Waals surface area (Å²) in [7, 11) is 0. The number of nitriles is 2. The molecule has 0 heterocycles. The van der Waals surface area contributed by atoms with Gasteiger partial charge in [0, 0.05) is 24.7 Å². The van der Waals surface area contributed by atoms with E-state index in [2.05, 4.69) is 10.2 Å². The quantitative estimate of drug-likeness (QED) is 0.506. The second-order valence-electron chi connectivity index (χ2n) is 4.45. The molecule has 4 atom stereocenters. The van der Waals surface area contributed by atoms with Gasteiger partial charge in [0.25, 0.3) is 0 Å². The van der Waals surface area contributed by atoms with Crippen molar-refractivity contribution in [3.63, 3.8) is 0 Å². The number of azo groups is 1. The van der Waals surface area contributed by atoms with Gasteiger partial charge in [-0.3, -0.25) is 9.59 Å². The van der Waals surface area contributed by atoms with E-state index < -0.39 is 34.4 Å². The number of hydrogen-bond donors (Lipinski definition) is 0. The number of nitrogens with zero attached hydrogens (tertiary/aromatic N) is 4. The van der Waals surface area contributed by atoms with Crippen LogP contribution in [-0.4, -0.2) is 22.6 Å². The first-order chi connectivity index (χ1) is 9.31. The van der Waals surface area contributed by atoms with Crippen molar-refractivity contribution in [1.82, 2.24) is 0 Å². The molecule has 0 aromatic rings. The van der Waals surface area contributed by atoms with E-state index in [1.165, 1.54) is 0 Å². The Kier molecular flexibility index (Phi) is 8.71. The fraction of sp³-hybridized carbons (Fsp3) is 0.667. The summed E-state index contributed by atoms with van der Waals surface area (Å²) in [6.07, 6.45) is -0.0164. The van der Waals surface area contributed by atoms with Crippen LogP contribution in [0.5, 0.6) is 0 Å². The average Bonchev–Trinajstić information content (AvgIpc) is 2.32. The lowest BCUT2D eigenvalue weighted by atomic mass is 10.0. The van der Waals surface area contributed by atoms with Crippen LogP contribution in [0.2, 0.25) is 0 Å². The summed E-state index contributed by atoms with van der Waals surface area (Å²) in [6, 6.07) is 2.05. The molecule has 0 amide bonds. The van der Waals surface area contributed by atoms with Crippen molar-refractivity contribution < 1.29 is 9.59 Å². The third-order valence-corrected chi connectivity index (χ3v) is 2.93. The number of carbonyl (C=O) groups is 2. The van der Waals surface area contributed by atoms with Gasteiger partial charge in [-0.25, -0.2) is 0 Å². The Morgan fingerprint density at radius 1 is 0.950 bits per heavy atom. The largest absolute Gasteiger partial charge is 0.281 e. The van der Waals surface area contributed by atoms with E-state index in [-0.39, 0.29) is 12.8 Å². The summed E-state index contributed by atoms with van der Waals surface area (Å²) in [4.78, 5) is 21.6. The maximum Gasteiger partial charge on any atom is 0.222 e. The van der Waals surface area contributed by atoms with Gasteiger partial charge in [0.1, 0.15) is 0 Å². The van der Waals surface area contributed by atoms with Crippen LogP contribution >= 0.6 is 23.2 Å². The molecule has 0 bridgehead atoms. The summed E-state index contributed by atoms with van der Waals surface area (Å²) in [5.41, 5.74) is 0. The van der Waals surface area contributed by atoms with Crippen molar-refractivity contribution in [3.8, 4) is 12.1 Å². The number of hydrogen-bond acceptors (Lipinski definition) is 6. The zero-order valence-electron chi connectivity index (χ0n) is 11.1. The first-order valence-corrected chi connectivity index (χ1v) is 6.63. The summed E-state index contributed by atoms with van der Waals surface area (Å²) in [5, 5.41) is 24.3. The number of carbonyl (C=O) groups excluding carboxylic acids is 2. The van der Waals surface area contributed by atoms with Gasteiger partial charge in [0.05, 0.1) is 12.1 Å². The maximum absolute atomic E-state index is 10.8. The third kappa shape index (κ3) is 7.18. The average molecular weight is 317 g/mol. The van der Waals surface area contributed by atoms with E-state index in [0.717, 1.165) is 0 Å². The minimum Gasteiger partial charge on any atom is -0.281 e. The van der Waals surface area contributed by atoms with Gasteiger partial charge in [-0.2, -0.15) is 20.8 Å². The Hall–Kier alpha value is -1.50. The van der Waals surface area contributed by atoms with Crippen molar-refractivity contribution in [2.45, 2.75) is 38.8 Å². The van der Waals surface area contributed by atoms with Gasteiger partial charge in [0.15, 0.2) is 12.1 Å². The molecule has 6 nitrogen and oxygen atoms in total. The van der Waals surface area contributed by atoms with Gasteiger partial charge in [-0.15, -0.1) is 0 Å². The zero-order chi connectivity index (χ0) is 15.7. The van der Waals surface area contributed by atoms with Gasteiger partial charge in [-0.1, -0.05) is 13.8 Å². The molecule has 0 spiro atoms. The number of halogens is 2. The maximum atomic E-state index is 10.8. The molecule has 0 aliphatic rings. The normalized spacial score (nSPS) is 16.7. The van der Waals surface area contributed by atoms with Crippen LogP contribution in [0.1, 0.15) is 26.7 Å².